The van der Waals surface area contributed by atoms with E-state index in [1.165, 1.54) is 32.9 Å². The second-order valence-corrected chi connectivity index (χ2v) is 12.7. The van der Waals surface area contributed by atoms with Crippen LogP contribution in [0, 0.1) is 0 Å². The first-order valence-electron chi connectivity index (χ1n) is 17.0. The molecule has 3 heterocycles. The second-order valence-electron chi connectivity index (χ2n) is 12.7. The van der Waals surface area contributed by atoms with E-state index >= 15 is 0 Å². The van der Waals surface area contributed by atoms with Crippen LogP contribution >= 0.6 is 0 Å². The molecule has 2 aromatic heterocycles. The third kappa shape index (κ3) is 4.59. The number of fused-ring (bicyclic) bond motifs is 6. The van der Waals surface area contributed by atoms with Crippen molar-refractivity contribution in [3.8, 4) is 51.0 Å². The van der Waals surface area contributed by atoms with Gasteiger partial charge in [0.05, 0.1) is 22.6 Å². The average Bonchev–Trinajstić information content (AvgIpc) is 3.75. The Balaban J connectivity index is 1.05. The van der Waals surface area contributed by atoms with Crippen LogP contribution in [0.5, 0.6) is 5.75 Å². The predicted octanol–water partition coefficient (Wildman–Crippen LogP) is 11.0. The number of hydrogen-bond donors (Lipinski definition) is 0. The van der Waals surface area contributed by atoms with E-state index < -0.39 is 0 Å². The van der Waals surface area contributed by atoms with E-state index in [4.69, 9.17) is 19.7 Å². The third-order valence-corrected chi connectivity index (χ3v) is 9.83. The fourth-order valence-corrected chi connectivity index (χ4v) is 7.52. The first-order chi connectivity index (χ1) is 24.8. The summed E-state index contributed by atoms with van der Waals surface area (Å²) in [7, 11) is 0. The molecule has 0 saturated carbocycles. The lowest BCUT2D eigenvalue weighted by Crippen LogP contribution is -2.09. The van der Waals surface area contributed by atoms with Crippen LogP contribution in [-0.2, 0) is 0 Å². The number of ether oxygens (including phenoxy) is 1. The first-order valence-corrected chi connectivity index (χ1v) is 17.0. The lowest BCUT2D eigenvalue weighted by atomic mass is 9.85. The Morgan fingerprint density at radius 1 is 0.500 bits per heavy atom. The van der Waals surface area contributed by atoms with Gasteiger partial charge in [-0.3, -0.25) is 0 Å². The summed E-state index contributed by atoms with van der Waals surface area (Å²) in [5, 5.41) is 2.49. The fourth-order valence-electron chi connectivity index (χ4n) is 7.52. The van der Waals surface area contributed by atoms with E-state index in [9.17, 15) is 0 Å². The molecule has 5 nitrogen and oxygen atoms in total. The molecule has 0 spiro atoms. The monoisotopic (exact) mass is 642 g/mol. The summed E-state index contributed by atoms with van der Waals surface area (Å²) in [6.07, 6.45) is 5.40. The normalized spacial score (nSPS) is 14.9. The summed E-state index contributed by atoms with van der Waals surface area (Å²) in [6.45, 7) is 0. The van der Waals surface area contributed by atoms with Crippen molar-refractivity contribution in [3.05, 3.63) is 175 Å². The van der Waals surface area contributed by atoms with Crippen molar-refractivity contribution in [2.24, 2.45) is 0 Å². The minimum absolute atomic E-state index is 0.117. The van der Waals surface area contributed by atoms with Gasteiger partial charge < -0.3 is 9.30 Å². The Hall–Kier alpha value is -6.59. The minimum Gasteiger partial charge on any atom is -0.459 e. The van der Waals surface area contributed by atoms with E-state index in [1.807, 2.05) is 60.7 Å². The van der Waals surface area contributed by atoms with Crippen LogP contribution in [0.1, 0.15) is 17.9 Å². The molecule has 0 fully saturated rings. The maximum Gasteiger partial charge on any atom is 0.164 e. The van der Waals surface area contributed by atoms with Crippen LogP contribution < -0.4 is 4.74 Å². The second kappa shape index (κ2) is 11.5. The summed E-state index contributed by atoms with van der Waals surface area (Å²) in [6, 6.07) is 52.4. The van der Waals surface area contributed by atoms with Gasteiger partial charge in [-0.05, 0) is 41.8 Å². The van der Waals surface area contributed by atoms with Gasteiger partial charge in [0.15, 0.2) is 17.5 Å². The average molecular weight is 643 g/mol. The van der Waals surface area contributed by atoms with Gasteiger partial charge >= 0.3 is 0 Å². The smallest absolute Gasteiger partial charge is 0.164 e. The molecule has 0 saturated heterocycles. The molecule has 5 heteroatoms. The predicted molar refractivity (Wildman–Crippen MR) is 201 cm³/mol. The zero-order valence-corrected chi connectivity index (χ0v) is 27.1. The number of rotatable bonds is 5. The summed E-state index contributed by atoms with van der Waals surface area (Å²) in [5.41, 5.74) is 9.84. The van der Waals surface area contributed by atoms with E-state index in [0.29, 0.717) is 17.5 Å². The minimum atomic E-state index is 0.117. The van der Waals surface area contributed by atoms with Gasteiger partial charge in [-0.25, -0.2) is 15.0 Å². The van der Waals surface area contributed by atoms with Crippen LogP contribution in [0.3, 0.4) is 0 Å². The molecule has 0 N–H and O–H groups in total. The van der Waals surface area contributed by atoms with Crippen molar-refractivity contribution >= 4 is 27.5 Å². The SMILES string of the molecule is C1=CC(n2c3ccccc3c3ccccc32)=C2Oc3cccc(-c4ccc(-c5nc(-c6ccccc6)nc(-c6ccccc6)n5)cc4)c3C2C1. The third-order valence-electron chi connectivity index (χ3n) is 9.83. The van der Waals surface area contributed by atoms with Gasteiger partial charge in [0.2, 0.25) is 0 Å². The molecule has 1 aliphatic heterocycles. The quantitative estimate of drug-likeness (QED) is 0.187. The molecule has 6 aromatic carbocycles. The number of aromatic nitrogens is 4. The van der Waals surface area contributed by atoms with Crippen LogP contribution in [0.4, 0.5) is 0 Å². The summed E-state index contributed by atoms with van der Waals surface area (Å²) in [4.78, 5) is 14.7. The Morgan fingerprint density at radius 2 is 1.02 bits per heavy atom. The van der Waals surface area contributed by atoms with Crippen molar-refractivity contribution in [2.45, 2.75) is 12.3 Å². The van der Waals surface area contributed by atoms with E-state index in [-0.39, 0.29) is 5.92 Å². The van der Waals surface area contributed by atoms with Crippen molar-refractivity contribution in [3.63, 3.8) is 0 Å². The molecule has 2 aliphatic rings. The molecule has 10 rings (SSSR count). The van der Waals surface area contributed by atoms with Gasteiger partial charge in [-0.15, -0.1) is 0 Å². The van der Waals surface area contributed by atoms with E-state index in [0.717, 1.165) is 45.9 Å². The van der Waals surface area contributed by atoms with Crippen molar-refractivity contribution < 1.29 is 4.74 Å². The highest BCUT2D eigenvalue weighted by Gasteiger charge is 2.36. The number of nitrogens with zero attached hydrogens (tertiary/aromatic N) is 4. The Bertz CT molecular complexity index is 2530. The number of benzene rings is 6. The molecule has 0 radical (unpaired) electrons. The Morgan fingerprint density at radius 3 is 1.62 bits per heavy atom. The van der Waals surface area contributed by atoms with E-state index in [2.05, 4.69) is 108 Å². The van der Waals surface area contributed by atoms with Crippen molar-refractivity contribution in [1.29, 1.82) is 0 Å². The molecule has 1 unspecified atom stereocenters. The Kier molecular flexibility index (Phi) is 6.56. The van der Waals surface area contributed by atoms with Crippen LogP contribution in [-0.4, -0.2) is 19.5 Å². The number of allylic oxidation sites excluding steroid dienone is 4. The van der Waals surface area contributed by atoms with Crippen molar-refractivity contribution in [1.82, 2.24) is 19.5 Å². The maximum atomic E-state index is 6.79. The summed E-state index contributed by atoms with van der Waals surface area (Å²) < 4.78 is 9.16. The van der Waals surface area contributed by atoms with Crippen molar-refractivity contribution in [2.75, 3.05) is 0 Å². The maximum absolute atomic E-state index is 6.79. The van der Waals surface area contributed by atoms with Crippen LogP contribution in [0.2, 0.25) is 0 Å². The topological polar surface area (TPSA) is 52.8 Å². The zero-order valence-electron chi connectivity index (χ0n) is 27.1. The molecule has 236 valence electrons. The Labute approximate surface area is 289 Å². The molecule has 0 bridgehead atoms. The molecule has 0 amide bonds. The zero-order chi connectivity index (χ0) is 33.0. The van der Waals surface area contributed by atoms with Gasteiger partial charge in [0.1, 0.15) is 11.5 Å². The van der Waals surface area contributed by atoms with Crippen LogP contribution in [0.15, 0.2) is 170 Å². The van der Waals surface area contributed by atoms with E-state index in [1.54, 1.807) is 0 Å². The molecular formula is C45H30N4O. The molecule has 50 heavy (non-hydrogen) atoms. The highest BCUT2D eigenvalue weighted by Crippen LogP contribution is 2.51. The molecular weight excluding hydrogens is 613 g/mol. The lowest BCUT2D eigenvalue weighted by Gasteiger charge is -2.20. The number of hydrogen-bond acceptors (Lipinski definition) is 4. The molecule has 1 atom stereocenters. The summed E-state index contributed by atoms with van der Waals surface area (Å²) in [5.74, 6) is 3.99. The highest BCUT2D eigenvalue weighted by atomic mass is 16.5. The first kappa shape index (κ1) is 28.4. The highest BCUT2D eigenvalue weighted by molar-refractivity contribution is 6.10. The molecule has 1 aliphatic carbocycles. The van der Waals surface area contributed by atoms with Gasteiger partial charge in [0, 0.05) is 33.0 Å². The summed E-state index contributed by atoms with van der Waals surface area (Å²) >= 11 is 0. The molecule has 8 aromatic rings. The number of para-hydroxylation sites is 2. The van der Waals surface area contributed by atoms with Gasteiger partial charge in [0.25, 0.3) is 0 Å². The lowest BCUT2D eigenvalue weighted by molar-refractivity contribution is 0.426. The van der Waals surface area contributed by atoms with Gasteiger partial charge in [-0.2, -0.15) is 0 Å². The fraction of sp³-hybridized carbons (Fsp3) is 0.0444. The van der Waals surface area contributed by atoms with Gasteiger partial charge in [-0.1, -0.05) is 140 Å². The largest absolute Gasteiger partial charge is 0.459 e. The van der Waals surface area contributed by atoms with Crippen LogP contribution in [0.25, 0.3) is 72.8 Å². The standard InChI is InChI=1S/C45H30N4O/c1-3-13-30(14-4-1)43-46-44(31-15-5-2-6-16-31)48-45(47-43)32-27-25-29(26-28-32)33-19-12-24-40-41(33)36-20-11-23-39(42(36)50-40)49-37-21-9-7-17-34(37)35-18-8-10-22-38(35)49/h1-19,21-28,36H,20H2.